The molecule has 1 aliphatic rings. The molecule has 2 atom stereocenters. The number of carbonyl (C=O) groups excluding carboxylic acids is 2. The summed E-state index contributed by atoms with van der Waals surface area (Å²) in [6.07, 6.45) is 8.56. The Hall–Kier alpha value is -1.88. The van der Waals surface area contributed by atoms with Gasteiger partial charge in [-0.25, -0.2) is 0 Å². The Balaban J connectivity index is 1.82. The molecule has 5 nitrogen and oxygen atoms in total. The average Bonchev–Trinajstić information content (AvgIpc) is 2.69. The molecular weight excluding hydrogens is 350 g/mol. The lowest BCUT2D eigenvalue weighted by Gasteiger charge is -2.31. The standard InChI is InChI=1S/C23H37N3O2/c1-3-5-6-7-9-19(4-2)23(28)25-21-13-11-18(12-14-21)16-26-15-8-10-20(17-26)22(24)27/h11-14,19-20H,3-10,15-17H2,1-2H3,(H2,24,27)(H,25,28). The molecule has 2 unspecified atom stereocenters. The Bertz CT molecular complexity index is 615. The summed E-state index contributed by atoms with van der Waals surface area (Å²) in [5.41, 5.74) is 7.51. The minimum absolute atomic E-state index is 0.0318. The number of nitrogens with one attached hydrogen (secondary N) is 1. The van der Waals surface area contributed by atoms with Gasteiger partial charge >= 0.3 is 0 Å². The van der Waals surface area contributed by atoms with E-state index in [4.69, 9.17) is 5.73 Å². The van der Waals surface area contributed by atoms with Crippen molar-refractivity contribution in [3.8, 4) is 0 Å². The molecule has 0 aliphatic carbocycles. The highest BCUT2D eigenvalue weighted by Crippen LogP contribution is 2.20. The fourth-order valence-corrected chi connectivity index (χ4v) is 3.97. The van der Waals surface area contributed by atoms with Crippen molar-refractivity contribution in [3.05, 3.63) is 29.8 Å². The van der Waals surface area contributed by atoms with Crippen molar-refractivity contribution in [3.63, 3.8) is 0 Å². The fourth-order valence-electron chi connectivity index (χ4n) is 3.97. The summed E-state index contributed by atoms with van der Waals surface area (Å²) in [6, 6.07) is 8.08. The van der Waals surface area contributed by atoms with Crippen molar-refractivity contribution < 1.29 is 9.59 Å². The number of hydrogen-bond acceptors (Lipinski definition) is 3. The first-order valence-corrected chi connectivity index (χ1v) is 10.9. The van der Waals surface area contributed by atoms with Crippen LogP contribution in [0.15, 0.2) is 24.3 Å². The monoisotopic (exact) mass is 387 g/mol. The number of benzene rings is 1. The van der Waals surface area contributed by atoms with Crippen molar-refractivity contribution in [2.45, 2.75) is 71.8 Å². The van der Waals surface area contributed by atoms with Gasteiger partial charge in [0.05, 0.1) is 5.92 Å². The lowest BCUT2D eigenvalue weighted by atomic mass is 9.97. The quantitative estimate of drug-likeness (QED) is 0.555. The van der Waals surface area contributed by atoms with Crippen molar-refractivity contribution in [2.75, 3.05) is 18.4 Å². The van der Waals surface area contributed by atoms with Crippen molar-refractivity contribution in [1.82, 2.24) is 4.90 Å². The highest BCUT2D eigenvalue weighted by atomic mass is 16.2. The van der Waals surface area contributed by atoms with Crippen LogP contribution in [0.2, 0.25) is 0 Å². The van der Waals surface area contributed by atoms with E-state index in [1.165, 1.54) is 24.8 Å². The van der Waals surface area contributed by atoms with Crippen molar-refractivity contribution in [1.29, 1.82) is 0 Å². The molecule has 1 aliphatic heterocycles. The van der Waals surface area contributed by atoms with E-state index in [1.54, 1.807) is 0 Å². The van der Waals surface area contributed by atoms with E-state index in [1.807, 2.05) is 12.1 Å². The maximum Gasteiger partial charge on any atom is 0.227 e. The molecule has 1 fully saturated rings. The van der Waals surface area contributed by atoms with Gasteiger partial charge in [0.1, 0.15) is 0 Å². The highest BCUT2D eigenvalue weighted by Gasteiger charge is 2.23. The third kappa shape index (κ3) is 7.27. The van der Waals surface area contributed by atoms with Crippen LogP contribution in [0.3, 0.4) is 0 Å². The van der Waals surface area contributed by atoms with Crippen LogP contribution in [-0.2, 0) is 16.1 Å². The molecule has 2 rings (SSSR count). The first-order chi connectivity index (χ1) is 13.5. The summed E-state index contributed by atoms with van der Waals surface area (Å²) in [6.45, 7) is 6.84. The molecule has 0 aromatic heterocycles. The number of unbranched alkanes of at least 4 members (excludes halogenated alkanes) is 3. The summed E-state index contributed by atoms with van der Waals surface area (Å²) < 4.78 is 0. The Labute approximate surface area is 170 Å². The summed E-state index contributed by atoms with van der Waals surface area (Å²) in [5.74, 6) is 0.00115. The number of carbonyl (C=O) groups is 2. The maximum absolute atomic E-state index is 12.5. The number of hydrogen-bond donors (Lipinski definition) is 2. The van der Waals surface area contributed by atoms with Gasteiger partial charge in [0.15, 0.2) is 0 Å². The third-order valence-electron chi connectivity index (χ3n) is 5.81. The molecule has 1 aromatic carbocycles. The Morgan fingerprint density at radius 3 is 2.57 bits per heavy atom. The van der Waals surface area contributed by atoms with Gasteiger partial charge in [0.25, 0.3) is 0 Å². The van der Waals surface area contributed by atoms with E-state index in [-0.39, 0.29) is 23.7 Å². The van der Waals surface area contributed by atoms with Gasteiger partial charge in [0.2, 0.25) is 11.8 Å². The number of likely N-dealkylation sites (tertiary alicyclic amines) is 1. The molecular formula is C23H37N3O2. The van der Waals surface area contributed by atoms with Gasteiger partial charge in [-0.3, -0.25) is 14.5 Å². The zero-order chi connectivity index (χ0) is 20.4. The third-order valence-corrected chi connectivity index (χ3v) is 5.81. The molecule has 1 heterocycles. The van der Waals surface area contributed by atoms with Gasteiger partial charge in [-0.15, -0.1) is 0 Å². The number of nitrogens with zero attached hydrogens (tertiary/aromatic N) is 1. The van der Waals surface area contributed by atoms with E-state index in [2.05, 4.69) is 36.2 Å². The SMILES string of the molecule is CCCCCCC(CC)C(=O)Nc1ccc(CN2CCCC(C(N)=O)C2)cc1. The number of anilines is 1. The number of rotatable bonds is 11. The average molecular weight is 388 g/mol. The molecule has 1 saturated heterocycles. The summed E-state index contributed by atoms with van der Waals surface area (Å²) in [5, 5.41) is 3.07. The molecule has 28 heavy (non-hydrogen) atoms. The van der Waals surface area contributed by atoms with Crippen LogP contribution in [-0.4, -0.2) is 29.8 Å². The Kier molecular flexibility index (Phi) is 9.48. The summed E-state index contributed by atoms with van der Waals surface area (Å²) >= 11 is 0. The second kappa shape index (κ2) is 11.8. The molecule has 0 radical (unpaired) electrons. The molecule has 3 N–H and O–H groups in total. The van der Waals surface area contributed by atoms with Gasteiger partial charge < -0.3 is 11.1 Å². The molecule has 1 aromatic rings. The number of primary amides is 1. The van der Waals surface area contributed by atoms with Gasteiger partial charge in [0, 0.05) is 24.7 Å². The first-order valence-electron chi connectivity index (χ1n) is 10.9. The van der Waals surface area contributed by atoms with Crippen LogP contribution in [0.1, 0.15) is 70.8 Å². The normalized spacial score (nSPS) is 18.6. The predicted molar refractivity (Wildman–Crippen MR) is 115 cm³/mol. The molecule has 0 saturated carbocycles. The largest absolute Gasteiger partial charge is 0.369 e. The van der Waals surface area contributed by atoms with Crippen LogP contribution in [0, 0.1) is 11.8 Å². The molecule has 0 bridgehead atoms. The van der Waals surface area contributed by atoms with Crippen LogP contribution in [0.25, 0.3) is 0 Å². The minimum Gasteiger partial charge on any atom is -0.369 e. The zero-order valence-electron chi connectivity index (χ0n) is 17.6. The zero-order valence-corrected chi connectivity index (χ0v) is 17.6. The van der Waals surface area contributed by atoms with E-state index >= 15 is 0 Å². The Morgan fingerprint density at radius 1 is 1.18 bits per heavy atom. The van der Waals surface area contributed by atoms with E-state index in [9.17, 15) is 9.59 Å². The summed E-state index contributed by atoms with van der Waals surface area (Å²) in [7, 11) is 0. The minimum atomic E-state index is -0.192. The van der Waals surface area contributed by atoms with E-state index in [0.29, 0.717) is 0 Å². The molecule has 156 valence electrons. The predicted octanol–water partition coefficient (Wildman–Crippen LogP) is 4.32. The van der Waals surface area contributed by atoms with Gasteiger partial charge in [-0.2, -0.15) is 0 Å². The maximum atomic E-state index is 12.5. The molecule has 2 amide bonds. The smallest absolute Gasteiger partial charge is 0.227 e. The van der Waals surface area contributed by atoms with Crippen molar-refractivity contribution in [2.24, 2.45) is 17.6 Å². The van der Waals surface area contributed by atoms with Crippen LogP contribution in [0.5, 0.6) is 0 Å². The lowest BCUT2D eigenvalue weighted by Crippen LogP contribution is -2.40. The van der Waals surface area contributed by atoms with E-state index in [0.717, 1.165) is 57.4 Å². The van der Waals surface area contributed by atoms with Crippen LogP contribution in [0.4, 0.5) is 5.69 Å². The number of piperidine rings is 1. The first kappa shape index (κ1) is 22.4. The van der Waals surface area contributed by atoms with E-state index < -0.39 is 0 Å². The van der Waals surface area contributed by atoms with Crippen molar-refractivity contribution >= 4 is 17.5 Å². The summed E-state index contributed by atoms with van der Waals surface area (Å²) in [4.78, 5) is 26.3. The lowest BCUT2D eigenvalue weighted by molar-refractivity contribution is -0.123. The number of nitrogens with two attached hydrogens (primary N) is 1. The van der Waals surface area contributed by atoms with Gasteiger partial charge in [-0.1, -0.05) is 51.7 Å². The van der Waals surface area contributed by atoms with Crippen LogP contribution >= 0.6 is 0 Å². The van der Waals surface area contributed by atoms with Crippen LogP contribution < -0.4 is 11.1 Å². The van der Waals surface area contributed by atoms with Gasteiger partial charge in [-0.05, 0) is 49.9 Å². The Morgan fingerprint density at radius 2 is 1.93 bits per heavy atom. The fraction of sp³-hybridized carbons (Fsp3) is 0.652. The highest BCUT2D eigenvalue weighted by molar-refractivity contribution is 5.92. The topological polar surface area (TPSA) is 75.4 Å². The molecule has 5 heteroatoms. The molecule has 0 spiro atoms. The second-order valence-electron chi connectivity index (χ2n) is 8.12. The second-order valence-corrected chi connectivity index (χ2v) is 8.12. The number of amides is 2.